The number of rotatable bonds is 5. The van der Waals surface area contributed by atoms with E-state index < -0.39 is 10.0 Å². The Labute approximate surface area is 170 Å². The molecule has 1 aliphatic carbocycles. The van der Waals surface area contributed by atoms with E-state index in [0.29, 0.717) is 12.1 Å². The van der Waals surface area contributed by atoms with Gasteiger partial charge in [0, 0.05) is 28.2 Å². The largest absolute Gasteiger partial charge is 0.309 e. The first-order chi connectivity index (χ1) is 13.4. The molecular formula is C21H24N2O3S2. The number of nitrogens with zero attached hydrogens (tertiary/aromatic N) is 1. The molecule has 148 valence electrons. The van der Waals surface area contributed by atoms with Crippen LogP contribution in [0, 0.1) is 5.92 Å². The van der Waals surface area contributed by atoms with Crippen LogP contribution >= 0.6 is 11.8 Å². The smallest absolute Gasteiger partial charge is 0.261 e. The summed E-state index contributed by atoms with van der Waals surface area (Å²) >= 11 is 1.56. The number of nitrogens with one attached hydrogen (secondary N) is 1. The fourth-order valence-corrected chi connectivity index (χ4v) is 5.42. The van der Waals surface area contributed by atoms with Crippen molar-refractivity contribution < 1.29 is 13.2 Å². The van der Waals surface area contributed by atoms with Gasteiger partial charge in [0.15, 0.2) is 0 Å². The van der Waals surface area contributed by atoms with Crippen molar-refractivity contribution in [3.63, 3.8) is 0 Å². The molecule has 0 aromatic heterocycles. The van der Waals surface area contributed by atoms with Crippen LogP contribution in [0.2, 0.25) is 0 Å². The normalized spacial score (nSPS) is 19.2. The minimum Gasteiger partial charge on any atom is -0.309 e. The summed E-state index contributed by atoms with van der Waals surface area (Å²) in [6.07, 6.45) is 5.67. The number of amides is 1. The summed E-state index contributed by atoms with van der Waals surface area (Å²) in [4.78, 5) is 15.9. The molecule has 5 nitrogen and oxygen atoms in total. The molecule has 1 saturated carbocycles. The van der Waals surface area contributed by atoms with Gasteiger partial charge in [-0.3, -0.25) is 9.52 Å². The van der Waals surface area contributed by atoms with E-state index in [2.05, 4.69) is 4.72 Å². The molecule has 0 spiro atoms. The van der Waals surface area contributed by atoms with Crippen molar-refractivity contribution in [1.82, 2.24) is 0 Å². The van der Waals surface area contributed by atoms with Gasteiger partial charge < -0.3 is 4.90 Å². The van der Waals surface area contributed by atoms with Gasteiger partial charge >= 0.3 is 0 Å². The monoisotopic (exact) mass is 416 g/mol. The molecule has 0 radical (unpaired) electrons. The first kappa shape index (κ1) is 19.3. The third-order valence-corrected chi connectivity index (χ3v) is 7.70. The predicted octanol–water partition coefficient (Wildman–Crippen LogP) is 4.29. The van der Waals surface area contributed by atoms with Gasteiger partial charge in [-0.2, -0.15) is 0 Å². The lowest BCUT2D eigenvalue weighted by molar-refractivity contribution is -0.125. The molecule has 1 atom stereocenters. The Bertz CT molecular complexity index is 1020. The average molecular weight is 417 g/mol. The molecule has 2 aromatic carbocycles. The highest BCUT2D eigenvalue weighted by atomic mass is 32.2. The molecule has 1 fully saturated rings. The van der Waals surface area contributed by atoms with E-state index in [9.17, 15) is 13.2 Å². The van der Waals surface area contributed by atoms with E-state index in [1.165, 1.54) is 0 Å². The van der Waals surface area contributed by atoms with Crippen molar-refractivity contribution in [2.45, 2.75) is 48.4 Å². The van der Waals surface area contributed by atoms with E-state index in [1.807, 2.05) is 36.3 Å². The number of sulfonamides is 1. The highest BCUT2D eigenvalue weighted by molar-refractivity contribution is 7.98. The zero-order valence-electron chi connectivity index (χ0n) is 16.0. The van der Waals surface area contributed by atoms with Crippen LogP contribution in [0.15, 0.2) is 52.3 Å². The molecule has 7 heteroatoms. The van der Waals surface area contributed by atoms with Gasteiger partial charge in [0.25, 0.3) is 10.0 Å². The maximum absolute atomic E-state index is 12.9. The number of anilines is 2. The lowest BCUT2D eigenvalue weighted by atomic mass is 9.84. The summed E-state index contributed by atoms with van der Waals surface area (Å²) < 4.78 is 28.4. The van der Waals surface area contributed by atoms with Crippen LogP contribution in [0.1, 0.15) is 31.7 Å². The lowest BCUT2D eigenvalue weighted by Gasteiger charge is -2.32. The number of carbonyl (C=O) groups is 1. The van der Waals surface area contributed by atoms with Crippen molar-refractivity contribution in [3.05, 3.63) is 48.0 Å². The van der Waals surface area contributed by atoms with Crippen LogP contribution in [0.25, 0.3) is 0 Å². The Kier molecular flexibility index (Phi) is 5.14. The van der Waals surface area contributed by atoms with E-state index in [4.69, 9.17) is 0 Å². The van der Waals surface area contributed by atoms with Crippen LogP contribution in [-0.4, -0.2) is 26.6 Å². The number of hydrogen-bond acceptors (Lipinski definition) is 4. The summed E-state index contributed by atoms with van der Waals surface area (Å²) in [6.45, 7) is 2.02. The second kappa shape index (κ2) is 7.44. The second-order valence-electron chi connectivity index (χ2n) is 7.52. The lowest BCUT2D eigenvalue weighted by Crippen LogP contribution is -2.42. The molecule has 0 unspecified atom stereocenters. The maximum Gasteiger partial charge on any atom is 0.261 e. The van der Waals surface area contributed by atoms with Gasteiger partial charge in [-0.05, 0) is 74.4 Å². The first-order valence-corrected chi connectivity index (χ1v) is 12.2. The summed E-state index contributed by atoms with van der Waals surface area (Å²) in [5.41, 5.74) is 2.32. The SMILES string of the molecule is CSc1cccc(NS(=O)(=O)c2ccc3c(c2)C[C@H](C)N3C(=O)C2CCC2)c1. The fourth-order valence-electron chi connectivity index (χ4n) is 3.86. The molecule has 1 N–H and O–H groups in total. The van der Waals surface area contributed by atoms with Crippen LogP contribution in [-0.2, 0) is 21.2 Å². The van der Waals surface area contributed by atoms with E-state index >= 15 is 0 Å². The van der Waals surface area contributed by atoms with Gasteiger partial charge in [0.1, 0.15) is 0 Å². The third-order valence-electron chi connectivity index (χ3n) is 5.59. The molecule has 0 saturated heterocycles. The Morgan fingerprint density at radius 2 is 1.96 bits per heavy atom. The van der Waals surface area contributed by atoms with E-state index in [0.717, 1.165) is 35.4 Å². The molecule has 1 aliphatic heterocycles. The predicted molar refractivity (Wildman–Crippen MR) is 113 cm³/mol. The van der Waals surface area contributed by atoms with Crippen molar-refractivity contribution in [1.29, 1.82) is 0 Å². The minimum atomic E-state index is -3.69. The maximum atomic E-state index is 12.9. The minimum absolute atomic E-state index is 0.0623. The number of thioether (sulfide) groups is 1. The Hall–Kier alpha value is -1.99. The van der Waals surface area contributed by atoms with Crippen molar-refractivity contribution in [3.8, 4) is 0 Å². The molecular weight excluding hydrogens is 392 g/mol. The molecule has 1 heterocycles. The topological polar surface area (TPSA) is 66.5 Å². The Balaban J connectivity index is 1.60. The fraction of sp³-hybridized carbons (Fsp3) is 0.381. The van der Waals surface area contributed by atoms with E-state index in [1.54, 1.807) is 36.0 Å². The second-order valence-corrected chi connectivity index (χ2v) is 10.1. The number of fused-ring (bicyclic) bond motifs is 1. The highest BCUT2D eigenvalue weighted by Crippen LogP contribution is 2.38. The van der Waals surface area contributed by atoms with Crippen molar-refractivity contribution in [2.75, 3.05) is 15.9 Å². The van der Waals surface area contributed by atoms with Gasteiger partial charge in [0.2, 0.25) is 5.91 Å². The number of carbonyl (C=O) groups excluding carboxylic acids is 1. The molecule has 4 rings (SSSR count). The van der Waals surface area contributed by atoms with Crippen molar-refractivity contribution >= 4 is 39.1 Å². The molecule has 28 heavy (non-hydrogen) atoms. The van der Waals surface area contributed by atoms with Crippen LogP contribution in [0.3, 0.4) is 0 Å². The third kappa shape index (κ3) is 3.53. The quantitative estimate of drug-likeness (QED) is 0.739. The van der Waals surface area contributed by atoms with Crippen molar-refractivity contribution in [2.24, 2.45) is 5.92 Å². The summed E-state index contributed by atoms with van der Waals surface area (Å²) in [5, 5.41) is 0. The number of benzene rings is 2. The Morgan fingerprint density at radius 3 is 2.64 bits per heavy atom. The number of hydrogen-bond donors (Lipinski definition) is 1. The highest BCUT2D eigenvalue weighted by Gasteiger charge is 2.37. The molecule has 2 aromatic rings. The molecule has 1 amide bonds. The standard InChI is InChI=1S/C21H24N2O3S2/c1-14-11-16-12-19(9-10-20(16)23(14)21(24)15-5-3-6-15)28(25,26)22-17-7-4-8-18(13-17)27-2/h4,7-10,12-15,22H,3,5-6,11H2,1-2H3/t14-/m0/s1. The van der Waals surface area contributed by atoms with Gasteiger partial charge in [-0.15, -0.1) is 11.8 Å². The van der Waals surface area contributed by atoms with Gasteiger partial charge in [-0.1, -0.05) is 12.5 Å². The van der Waals surface area contributed by atoms with Crippen LogP contribution < -0.4 is 9.62 Å². The van der Waals surface area contributed by atoms with E-state index in [-0.39, 0.29) is 22.8 Å². The van der Waals surface area contributed by atoms with Gasteiger partial charge in [0.05, 0.1) is 4.90 Å². The summed E-state index contributed by atoms with van der Waals surface area (Å²) in [6, 6.07) is 12.5. The summed E-state index contributed by atoms with van der Waals surface area (Å²) in [7, 11) is -3.69. The summed E-state index contributed by atoms with van der Waals surface area (Å²) in [5.74, 6) is 0.308. The zero-order valence-corrected chi connectivity index (χ0v) is 17.6. The molecule has 0 bridgehead atoms. The van der Waals surface area contributed by atoms with Gasteiger partial charge in [-0.25, -0.2) is 8.42 Å². The molecule has 2 aliphatic rings. The first-order valence-electron chi connectivity index (χ1n) is 9.52. The van der Waals surface area contributed by atoms with Crippen LogP contribution in [0.4, 0.5) is 11.4 Å². The van der Waals surface area contributed by atoms with Crippen LogP contribution in [0.5, 0.6) is 0 Å². The average Bonchev–Trinajstić information content (AvgIpc) is 2.94. The Morgan fingerprint density at radius 1 is 1.18 bits per heavy atom. The zero-order chi connectivity index (χ0) is 19.9.